The van der Waals surface area contributed by atoms with E-state index in [1.165, 1.54) is 44.9 Å². The molecule has 0 aromatic rings. The van der Waals surface area contributed by atoms with Crippen LogP contribution >= 0.6 is 11.6 Å². The molecule has 3 atom stereocenters. The first-order valence-corrected chi connectivity index (χ1v) is 6.31. The van der Waals surface area contributed by atoms with Crippen molar-refractivity contribution in [1.82, 2.24) is 0 Å². The molecule has 1 fully saturated rings. The first-order valence-electron chi connectivity index (χ1n) is 5.88. The molecule has 0 aliphatic heterocycles. The molecule has 13 heavy (non-hydrogen) atoms. The zero-order valence-corrected chi connectivity index (χ0v) is 9.82. The number of rotatable bonds is 4. The Morgan fingerprint density at radius 3 is 2.62 bits per heavy atom. The standard InChI is InChI=1S/C12H23Cl/c1-3-6-10(2)9-11-7-4-5-8-12(11)13/h10-12H,3-9H2,1-2H3. The first kappa shape index (κ1) is 11.4. The summed E-state index contributed by atoms with van der Waals surface area (Å²) in [4.78, 5) is 0. The van der Waals surface area contributed by atoms with Crippen LogP contribution in [-0.4, -0.2) is 5.38 Å². The maximum Gasteiger partial charge on any atom is 0.0364 e. The molecule has 0 radical (unpaired) electrons. The van der Waals surface area contributed by atoms with E-state index in [-0.39, 0.29) is 0 Å². The minimum absolute atomic E-state index is 0.480. The SMILES string of the molecule is CCCC(C)CC1CCCCC1Cl. The quantitative estimate of drug-likeness (QED) is 0.584. The second-order valence-corrected chi connectivity index (χ2v) is 5.25. The molecular formula is C12H23Cl. The molecule has 0 aromatic heterocycles. The van der Waals surface area contributed by atoms with Crippen LogP contribution in [0.1, 0.15) is 58.8 Å². The summed E-state index contributed by atoms with van der Waals surface area (Å²) >= 11 is 6.33. The number of hydrogen-bond acceptors (Lipinski definition) is 0. The highest BCUT2D eigenvalue weighted by Crippen LogP contribution is 2.33. The highest BCUT2D eigenvalue weighted by atomic mass is 35.5. The van der Waals surface area contributed by atoms with Gasteiger partial charge in [-0.3, -0.25) is 0 Å². The van der Waals surface area contributed by atoms with Gasteiger partial charge in [-0.05, 0) is 31.1 Å². The normalized spacial score (nSPS) is 31.6. The largest absolute Gasteiger partial charge is 0.123 e. The Kier molecular flexibility index (Phi) is 5.16. The number of alkyl halides is 1. The van der Waals surface area contributed by atoms with Crippen molar-refractivity contribution in [2.75, 3.05) is 0 Å². The second-order valence-electron chi connectivity index (χ2n) is 4.69. The van der Waals surface area contributed by atoms with Crippen molar-refractivity contribution in [2.24, 2.45) is 11.8 Å². The summed E-state index contributed by atoms with van der Waals surface area (Å²) in [7, 11) is 0. The van der Waals surface area contributed by atoms with E-state index in [0.717, 1.165) is 11.8 Å². The van der Waals surface area contributed by atoms with Gasteiger partial charge >= 0.3 is 0 Å². The van der Waals surface area contributed by atoms with E-state index in [1.54, 1.807) is 0 Å². The summed E-state index contributed by atoms with van der Waals surface area (Å²) in [6.07, 6.45) is 9.45. The van der Waals surface area contributed by atoms with Gasteiger partial charge in [-0.1, -0.05) is 39.5 Å². The molecule has 0 saturated heterocycles. The van der Waals surface area contributed by atoms with E-state index in [9.17, 15) is 0 Å². The van der Waals surface area contributed by atoms with Crippen LogP contribution in [0.5, 0.6) is 0 Å². The fraction of sp³-hybridized carbons (Fsp3) is 1.00. The van der Waals surface area contributed by atoms with Crippen molar-refractivity contribution in [2.45, 2.75) is 64.2 Å². The third kappa shape index (κ3) is 3.89. The lowest BCUT2D eigenvalue weighted by molar-refractivity contribution is 0.294. The highest BCUT2D eigenvalue weighted by Gasteiger charge is 2.24. The lowest BCUT2D eigenvalue weighted by Gasteiger charge is -2.29. The highest BCUT2D eigenvalue weighted by molar-refractivity contribution is 6.20. The molecule has 78 valence electrons. The van der Waals surface area contributed by atoms with Gasteiger partial charge in [0, 0.05) is 5.38 Å². The smallest absolute Gasteiger partial charge is 0.0364 e. The van der Waals surface area contributed by atoms with Crippen molar-refractivity contribution in [1.29, 1.82) is 0 Å². The van der Waals surface area contributed by atoms with Gasteiger partial charge < -0.3 is 0 Å². The van der Waals surface area contributed by atoms with Gasteiger partial charge in [0.15, 0.2) is 0 Å². The Morgan fingerprint density at radius 2 is 2.00 bits per heavy atom. The van der Waals surface area contributed by atoms with Crippen molar-refractivity contribution in [3.8, 4) is 0 Å². The number of hydrogen-bond donors (Lipinski definition) is 0. The maximum atomic E-state index is 6.33. The molecule has 0 spiro atoms. The van der Waals surface area contributed by atoms with Crippen LogP contribution in [0.25, 0.3) is 0 Å². The minimum Gasteiger partial charge on any atom is -0.123 e. The molecule has 0 N–H and O–H groups in total. The molecule has 0 nitrogen and oxygen atoms in total. The van der Waals surface area contributed by atoms with Crippen molar-refractivity contribution >= 4 is 11.6 Å². The van der Waals surface area contributed by atoms with Crippen LogP contribution in [0.3, 0.4) is 0 Å². The molecule has 3 unspecified atom stereocenters. The third-order valence-corrected chi connectivity index (χ3v) is 3.88. The van der Waals surface area contributed by atoms with Gasteiger partial charge in [0.1, 0.15) is 0 Å². The maximum absolute atomic E-state index is 6.33. The topological polar surface area (TPSA) is 0 Å². The molecule has 1 heteroatoms. The first-order chi connectivity index (χ1) is 6.24. The lowest BCUT2D eigenvalue weighted by atomic mass is 9.82. The Balaban J connectivity index is 2.25. The van der Waals surface area contributed by atoms with E-state index in [4.69, 9.17) is 11.6 Å². The molecule has 0 amide bonds. The van der Waals surface area contributed by atoms with Crippen LogP contribution in [0.4, 0.5) is 0 Å². The van der Waals surface area contributed by atoms with E-state index >= 15 is 0 Å². The summed E-state index contributed by atoms with van der Waals surface area (Å²) < 4.78 is 0. The molecule has 1 saturated carbocycles. The Morgan fingerprint density at radius 1 is 1.31 bits per heavy atom. The Bertz CT molecular complexity index is 133. The molecule has 0 heterocycles. The molecular weight excluding hydrogens is 180 g/mol. The van der Waals surface area contributed by atoms with Crippen LogP contribution in [0.15, 0.2) is 0 Å². The van der Waals surface area contributed by atoms with Gasteiger partial charge in [0.05, 0.1) is 0 Å². The van der Waals surface area contributed by atoms with Crippen LogP contribution in [-0.2, 0) is 0 Å². The summed E-state index contributed by atoms with van der Waals surface area (Å²) in [5, 5.41) is 0.480. The zero-order chi connectivity index (χ0) is 9.68. The Hall–Kier alpha value is 0.290. The monoisotopic (exact) mass is 202 g/mol. The zero-order valence-electron chi connectivity index (χ0n) is 9.06. The van der Waals surface area contributed by atoms with Crippen LogP contribution in [0, 0.1) is 11.8 Å². The van der Waals surface area contributed by atoms with E-state index in [1.807, 2.05) is 0 Å². The summed E-state index contributed by atoms with van der Waals surface area (Å²) in [6, 6.07) is 0. The fourth-order valence-electron chi connectivity index (χ4n) is 2.56. The van der Waals surface area contributed by atoms with Crippen molar-refractivity contribution in [3.63, 3.8) is 0 Å². The van der Waals surface area contributed by atoms with E-state index in [0.29, 0.717) is 5.38 Å². The van der Waals surface area contributed by atoms with Crippen LogP contribution in [0.2, 0.25) is 0 Å². The fourth-order valence-corrected chi connectivity index (χ4v) is 2.94. The van der Waals surface area contributed by atoms with Gasteiger partial charge in [-0.2, -0.15) is 0 Å². The van der Waals surface area contributed by atoms with Crippen molar-refractivity contribution < 1.29 is 0 Å². The number of halogens is 1. The summed E-state index contributed by atoms with van der Waals surface area (Å²) in [6.45, 7) is 4.65. The van der Waals surface area contributed by atoms with Crippen molar-refractivity contribution in [3.05, 3.63) is 0 Å². The van der Waals surface area contributed by atoms with Gasteiger partial charge in [-0.25, -0.2) is 0 Å². The third-order valence-electron chi connectivity index (χ3n) is 3.30. The van der Waals surface area contributed by atoms with E-state index < -0.39 is 0 Å². The second kappa shape index (κ2) is 5.90. The van der Waals surface area contributed by atoms with Gasteiger partial charge in [0.25, 0.3) is 0 Å². The van der Waals surface area contributed by atoms with Gasteiger partial charge in [-0.15, -0.1) is 11.6 Å². The molecule has 1 aliphatic carbocycles. The minimum atomic E-state index is 0.480. The summed E-state index contributed by atoms with van der Waals surface area (Å²) in [5.74, 6) is 1.70. The lowest BCUT2D eigenvalue weighted by Crippen LogP contribution is -2.21. The summed E-state index contributed by atoms with van der Waals surface area (Å²) in [5.41, 5.74) is 0. The average molecular weight is 203 g/mol. The van der Waals surface area contributed by atoms with E-state index in [2.05, 4.69) is 13.8 Å². The average Bonchev–Trinajstić information content (AvgIpc) is 2.09. The molecule has 0 aromatic carbocycles. The van der Waals surface area contributed by atoms with Crippen LogP contribution < -0.4 is 0 Å². The molecule has 1 aliphatic rings. The predicted octanol–water partition coefficient (Wildman–Crippen LogP) is 4.61. The molecule has 0 bridgehead atoms. The molecule has 1 rings (SSSR count). The Labute approximate surface area is 88.1 Å². The van der Waals surface area contributed by atoms with Gasteiger partial charge in [0.2, 0.25) is 0 Å². The predicted molar refractivity (Wildman–Crippen MR) is 60.3 cm³/mol.